The van der Waals surface area contributed by atoms with Crippen LogP contribution in [0.25, 0.3) is 0 Å². The summed E-state index contributed by atoms with van der Waals surface area (Å²) in [6.45, 7) is 4.42. The smallest absolute Gasteiger partial charge is 0.329 e. The average Bonchev–Trinajstić information content (AvgIpc) is 2.83. The largest absolute Gasteiger partial charge is 0.497 e. The number of hydrazone groups is 1. The molecule has 0 saturated heterocycles. The van der Waals surface area contributed by atoms with E-state index in [1.54, 1.807) is 55.6 Å². The van der Waals surface area contributed by atoms with E-state index in [4.69, 9.17) is 14.2 Å². The Labute approximate surface area is 198 Å². The van der Waals surface area contributed by atoms with Crippen LogP contribution in [0.15, 0.2) is 53.6 Å². The molecular weight excluding hydrogens is 440 g/mol. The van der Waals surface area contributed by atoms with Gasteiger partial charge in [-0.2, -0.15) is 5.10 Å². The first kappa shape index (κ1) is 26.3. The summed E-state index contributed by atoms with van der Waals surface area (Å²) in [6, 6.07) is 13.8. The Balaban J connectivity index is 1.79. The van der Waals surface area contributed by atoms with Crippen LogP contribution in [0, 0.1) is 0 Å². The lowest BCUT2D eigenvalue weighted by Crippen LogP contribution is -2.38. The Hall–Kier alpha value is -3.92. The third-order valence-corrected chi connectivity index (χ3v) is 4.29. The van der Waals surface area contributed by atoms with Crippen molar-refractivity contribution in [1.82, 2.24) is 10.7 Å². The van der Waals surface area contributed by atoms with Gasteiger partial charge in [-0.3, -0.25) is 14.4 Å². The number of carbonyl (C=O) groups excluding carboxylic acids is 3. The van der Waals surface area contributed by atoms with Crippen LogP contribution in [0.1, 0.15) is 25.8 Å². The van der Waals surface area contributed by atoms with Gasteiger partial charge in [0.15, 0.2) is 6.61 Å². The number of nitrogens with zero attached hydrogens (tertiary/aromatic N) is 1. The number of hydrogen-bond donors (Lipinski definition) is 3. The fraction of sp³-hybridized carbons (Fsp3) is 0.333. The van der Waals surface area contributed by atoms with Crippen molar-refractivity contribution in [3.05, 3.63) is 54.1 Å². The Bertz CT molecular complexity index is 976. The summed E-state index contributed by atoms with van der Waals surface area (Å²) in [6.07, 6.45) is 2.04. The van der Waals surface area contributed by atoms with E-state index in [1.807, 2.05) is 13.8 Å². The van der Waals surface area contributed by atoms with Crippen molar-refractivity contribution in [2.75, 3.05) is 32.2 Å². The van der Waals surface area contributed by atoms with Crippen molar-refractivity contribution < 1.29 is 28.6 Å². The first-order chi connectivity index (χ1) is 16.4. The van der Waals surface area contributed by atoms with Crippen molar-refractivity contribution in [3.8, 4) is 11.5 Å². The maximum Gasteiger partial charge on any atom is 0.329 e. The predicted octanol–water partition coefficient (Wildman–Crippen LogP) is 2.09. The summed E-state index contributed by atoms with van der Waals surface area (Å²) in [7, 11) is 1.56. The van der Waals surface area contributed by atoms with Crippen LogP contribution in [0.2, 0.25) is 0 Å². The molecule has 10 nitrogen and oxygen atoms in total. The summed E-state index contributed by atoms with van der Waals surface area (Å²) in [5, 5.41) is 9.01. The van der Waals surface area contributed by atoms with Crippen molar-refractivity contribution in [2.45, 2.75) is 26.4 Å². The Morgan fingerprint density at radius 2 is 1.76 bits per heavy atom. The SMILES string of the molecule is COc1ccc(NC(=O)COc2ccccc2/C=N\NC(=O)C(=O)NCCCOC(C)C)cc1. The molecule has 0 aromatic heterocycles. The zero-order valence-corrected chi connectivity index (χ0v) is 19.5. The molecule has 3 N–H and O–H groups in total. The van der Waals surface area contributed by atoms with Gasteiger partial charge in [-0.1, -0.05) is 12.1 Å². The molecular formula is C24H30N4O6. The number of rotatable bonds is 12. The molecule has 2 rings (SSSR count). The van der Waals surface area contributed by atoms with Crippen molar-refractivity contribution in [3.63, 3.8) is 0 Å². The summed E-state index contributed by atoms with van der Waals surface area (Å²) in [5.74, 6) is -0.955. The zero-order valence-electron chi connectivity index (χ0n) is 19.5. The zero-order chi connectivity index (χ0) is 24.8. The number of para-hydroxylation sites is 1. The summed E-state index contributed by atoms with van der Waals surface area (Å²) in [5.41, 5.74) is 3.29. The topological polar surface area (TPSA) is 127 Å². The molecule has 10 heteroatoms. The molecule has 34 heavy (non-hydrogen) atoms. The highest BCUT2D eigenvalue weighted by Crippen LogP contribution is 2.17. The third-order valence-electron chi connectivity index (χ3n) is 4.29. The number of methoxy groups -OCH3 is 1. The molecule has 0 fully saturated rings. The average molecular weight is 471 g/mol. The van der Waals surface area contributed by atoms with Gasteiger partial charge in [-0.15, -0.1) is 0 Å². The predicted molar refractivity (Wildman–Crippen MR) is 128 cm³/mol. The molecule has 0 unspecified atom stereocenters. The first-order valence-electron chi connectivity index (χ1n) is 10.8. The molecule has 182 valence electrons. The number of hydrogen-bond acceptors (Lipinski definition) is 7. The van der Waals surface area contributed by atoms with Crippen LogP contribution >= 0.6 is 0 Å². The summed E-state index contributed by atoms with van der Waals surface area (Å²) >= 11 is 0. The maximum atomic E-state index is 12.2. The lowest BCUT2D eigenvalue weighted by molar-refractivity contribution is -0.139. The van der Waals surface area contributed by atoms with E-state index in [1.165, 1.54) is 6.21 Å². The van der Waals surface area contributed by atoms with Gasteiger partial charge in [0.25, 0.3) is 5.91 Å². The van der Waals surface area contributed by atoms with Crippen molar-refractivity contribution >= 4 is 29.6 Å². The second-order valence-electron chi connectivity index (χ2n) is 7.33. The Morgan fingerprint density at radius 1 is 1.03 bits per heavy atom. The van der Waals surface area contributed by atoms with Crippen LogP contribution in [0.5, 0.6) is 11.5 Å². The van der Waals surface area contributed by atoms with Crippen LogP contribution < -0.4 is 25.5 Å². The Kier molecular flexibility index (Phi) is 11.1. The van der Waals surface area contributed by atoms with Gasteiger partial charge in [0.2, 0.25) is 0 Å². The van der Waals surface area contributed by atoms with Crippen LogP contribution in [0.3, 0.4) is 0 Å². The molecule has 3 amide bonds. The van der Waals surface area contributed by atoms with Gasteiger partial charge in [-0.25, -0.2) is 5.43 Å². The number of anilines is 1. The standard InChI is InChI=1S/C24H30N4O6/c1-17(2)33-14-6-13-25-23(30)24(31)28-26-15-18-7-4-5-8-21(18)34-16-22(29)27-19-9-11-20(32-3)12-10-19/h4-5,7-12,15,17H,6,13-14,16H2,1-3H3,(H,25,30)(H,27,29)(H,28,31)/b26-15-. The maximum absolute atomic E-state index is 12.2. The minimum atomic E-state index is -0.890. The second-order valence-corrected chi connectivity index (χ2v) is 7.33. The minimum absolute atomic E-state index is 0.114. The monoisotopic (exact) mass is 470 g/mol. The molecule has 0 aliphatic carbocycles. The number of nitrogens with one attached hydrogen (secondary N) is 3. The molecule has 0 aliphatic heterocycles. The van der Waals surface area contributed by atoms with Gasteiger partial charge in [0, 0.05) is 24.4 Å². The first-order valence-corrected chi connectivity index (χ1v) is 10.8. The molecule has 0 atom stereocenters. The van der Waals surface area contributed by atoms with Crippen molar-refractivity contribution in [2.24, 2.45) is 5.10 Å². The van der Waals surface area contributed by atoms with Crippen LogP contribution in [0.4, 0.5) is 5.69 Å². The van der Waals surface area contributed by atoms with E-state index in [0.29, 0.717) is 42.3 Å². The van der Waals surface area contributed by atoms with Crippen molar-refractivity contribution in [1.29, 1.82) is 0 Å². The summed E-state index contributed by atoms with van der Waals surface area (Å²) < 4.78 is 16.0. The molecule has 0 heterocycles. The fourth-order valence-electron chi connectivity index (χ4n) is 2.62. The van der Waals surface area contributed by atoms with E-state index in [9.17, 15) is 14.4 Å². The van der Waals surface area contributed by atoms with Crippen LogP contribution in [-0.4, -0.2) is 56.9 Å². The minimum Gasteiger partial charge on any atom is -0.497 e. The quantitative estimate of drug-likeness (QED) is 0.189. The van der Waals surface area contributed by atoms with E-state index in [-0.39, 0.29) is 18.6 Å². The highest BCUT2D eigenvalue weighted by molar-refractivity contribution is 6.35. The lowest BCUT2D eigenvalue weighted by atomic mass is 10.2. The van der Waals surface area contributed by atoms with E-state index in [2.05, 4.69) is 21.2 Å². The highest BCUT2D eigenvalue weighted by atomic mass is 16.5. The molecule has 0 radical (unpaired) electrons. The fourth-order valence-corrected chi connectivity index (χ4v) is 2.62. The van der Waals surface area contributed by atoms with E-state index < -0.39 is 11.8 Å². The summed E-state index contributed by atoms with van der Waals surface area (Å²) in [4.78, 5) is 35.8. The molecule has 0 spiro atoms. The lowest BCUT2D eigenvalue weighted by Gasteiger charge is -2.10. The van der Waals surface area contributed by atoms with Gasteiger partial charge in [0.1, 0.15) is 11.5 Å². The number of ether oxygens (including phenoxy) is 3. The molecule has 0 saturated carbocycles. The van der Waals surface area contributed by atoms with E-state index in [0.717, 1.165) is 0 Å². The molecule has 0 bridgehead atoms. The van der Waals surface area contributed by atoms with Gasteiger partial charge >= 0.3 is 11.8 Å². The van der Waals surface area contributed by atoms with Gasteiger partial charge in [0.05, 0.1) is 19.4 Å². The number of benzene rings is 2. The van der Waals surface area contributed by atoms with Crippen LogP contribution in [-0.2, 0) is 19.1 Å². The van der Waals surface area contributed by atoms with Gasteiger partial charge in [-0.05, 0) is 56.7 Å². The third kappa shape index (κ3) is 9.70. The normalized spacial score (nSPS) is 10.7. The van der Waals surface area contributed by atoms with Gasteiger partial charge < -0.3 is 24.8 Å². The number of amides is 3. The molecule has 0 aliphatic rings. The highest BCUT2D eigenvalue weighted by Gasteiger charge is 2.12. The second kappa shape index (κ2) is 14.3. The van der Waals surface area contributed by atoms with E-state index >= 15 is 0 Å². The number of carbonyl (C=O) groups is 3. The Morgan fingerprint density at radius 3 is 2.47 bits per heavy atom. The molecule has 2 aromatic rings. The molecule has 2 aromatic carbocycles.